The number of nitrogens with zero attached hydrogens (tertiary/aromatic N) is 1. The van der Waals surface area contributed by atoms with Gasteiger partial charge in [0.25, 0.3) is 0 Å². The molecule has 14 heavy (non-hydrogen) atoms. The molecular formula is C10H19NO2S. The van der Waals surface area contributed by atoms with Crippen molar-refractivity contribution in [3.8, 4) is 0 Å². The monoisotopic (exact) mass is 217 g/mol. The Bertz CT molecular complexity index is 191. The summed E-state index contributed by atoms with van der Waals surface area (Å²) in [7, 11) is 0. The van der Waals surface area contributed by atoms with Gasteiger partial charge in [0.05, 0.1) is 6.61 Å². The predicted octanol–water partition coefficient (Wildman–Crippen LogP) is 2.00. The molecule has 0 bridgehead atoms. The van der Waals surface area contributed by atoms with E-state index in [4.69, 9.17) is 17.0 Å². The van der Waals surface area contributed by atoms with Gasteiger partial charge in [-0.1, -0.05) is 0 Å². The molecule has 0 unspecified atom stereocenters. The van der Waals surface area contributed by atoms with E-state index in [2.05, 4.69) is 0 Å². The Labute approximate surface area is 91.4 Å². The van der Waals surface area contributed by atoms with Crippen molar-refractivity contribution in [3.05, 3.63) is 0 Å². The molecule has 0 heterocycles. The second-order valence-electron chi connectivity index (χ2n) is 2.87. The molecule has 0 fully saturated rings. The van der Waals surface area contributed by atoms with Crippen molar-refractivity contribution in [1.82, 2.24) is 4.90 Å². The maximum atomic E-state index is 11.5. The molecule has 0 aliphatic carbocycles. The summed E-state index contributed by atoms with van der Waals surface area (Å²) in [5.41, 5.74) is 0. The minimum Gasteiger partial charge on any atom is -0.487 e. The highest BCUT2D eigenvalue weighted by molar-refractivity contribution is 7.80. The summed E-state index contributed by atoms with van der Waals surface area (Å²) < 4.78 is 5.10. The number of rotatable bonds is 6. The molecule has 0 aromatic rings. The van der Waals surface area contributed by atoms with E-state index < -0.39 is 0 Å². The van der Waals surface area contributed by atoms with Gasteiger partial charge in [0.2, 0.25) is 5.91 Å². The Balaban J connectivity index is 3.77. The zero-order valence-corrected chi connectivity index (χ0v) is 10.0. The van der Waals surface area contributed by atoms with Crippen molar-refractivity contribution in [1.29, 1.82) is 0 Å². The van der Waals surface area contributed by atoms with E-state index in [0.29, 0.717) is 24.5 Å². The van der Waals surface area contributed by atoms with Crippen LogP contribution in [0.4, 0.5) is 0 Å². The van der Waals surface area contributed by atoms with Gasteiger partial charge in [-0.25, -0.2) is 0 Å². The smallest absolute Gasteiger partial charge is 0.223 e. The molecule has 0 atom stereocenters. The summed E-state index contributed by atoms with van der Waals surface area (Å²) >= 11 is 4.94. The molecule has 82 valence electrons. The molecule has 3 nitrogen and oxygen atoms in total. The molecule has 0 saturated heterocycles. The van der Waals surface area contributed by atoms with Crippen LogP contribution in [0.3, 0.4) is 0 Å². The second-order valence-corrected chi connectivity index (χ2v) is 3.33. The van der Waals surface area contributed by atoms with Crippen molar-refractivity contribution in [2.75, 3.05) is 19.7 Å². The Kier molecular flexibility index (Phi) is 7.38. The number of ether oxygens (including phenoxy) is 1. The summed E-state index contributed by atoms with van der Waals surface area (Å²) in [5, 5.41) is 0.535. The van der Waals surface area contributed by atoms with Gasteiger partial charge in [0.1, 0.15) is 0 Å². The Morgan fingerprint density at radius 1 is 1.21 bits per heavy atom. The largest absolute Gasteiger partial charge is 0.487 e. The zero-order chi connectivity index (χ0) is 11.0. The topological polar surface area (TPSA) is 29.5 Å². The van der Waals surface area contributed by atoms with E-state index in [1.54, 1.807) is 4.90 Å². The molecule has 0 aliphatic rings. The highest BCUT2D eigenvalue weighted by Crippen LogP contribution is 2.00. The van der Waals surface area contributed by atoms with E-state index in [1.807, 2.05) is 20.8 Å². The van der Waals surface area contributed by atoms with Gasteiger partial charge in [0.15, 0.2) is 5.05 Å². The number of hydrogen-bond acceptors (Lipinski definition) is 3. The maximum absolute atomic E-state index is 11.5. The highest BCUT2D eigenvalue weighted by Gasteiger charge is 2.10. The summed E-state index contributed by atoms with van der Waals surface area (Å²) in [6.07, 6.45) is 1.01. The van der Waals surface area contributed by atoms with Crippen LogP contribution in [0.1, 0.15) is 33.6 Å². The van der Waals surface area contributed by atoms with E-state index in [9.17, 15) is 4.79 Å². The van der Waals surface area contributed by atoms with Crippen LogP contribution < -0.4 is 0 Å². The average molecular weight is 217 g/mol. The van der Waals surface area contributed by atoms with Crippen molar-refractivity contribution in [2.45, 2.75) is 33.6 Å². The average Bonchev–Trinajstić information content (AvgIpc) is 2.17. The molecule has 0 radical (unpaired) electrons. The quantitative estimate of drug-likeness (QED) is 0.637. The first-order valence-electron chi connectivity index (χ1n) is 5.09. The van der Waals surface area contributed by atoms with Crippen LogP contribution in [0, 0.1) is 0 Å². The lowest BCUT2D eigenvalue weighted by atomic mass is 10.3. The number of carbonyl (C=O) groups excluding carboxylic acids is 1. The fraction of sp³-hybridized carbons (Fsp3) is 0.800. The SMILES string of the molecule is CCOC(=S)CCC(=O)N(CC)CC. The molecule has 4 heteroatoms. The summed E-state index contributed by atoms with van der Waals surface area (Å²) in [5.74, 6) is 0.150. The number of carbonyl (C=O) groups is 1. The third-order valence-electron chi connectivity index (χ3n) is 1.96. The minimum atomic E-state index is 0.150. The van der Waals surface area contributed by atoms with Gasteiger partial charge in [-0.3, -0.25) is 4.79 Å². The fourth-order valence-corrected chi connectivity index (χ4v) is 1.40. The normalized spacial score (nSPS) is 9.64. The fourth-order valence-electron chi connectivity index (χ4n) is 1.18. The van der Waals surface area contributed by atoms with E-state index >= 15 is 0 Å². The third kappa shape index (κ3) is 5.17. The van der Waals surface area contributed by atoms with E-state index in [0.717, 1.165) is 13.1 Å². The van der Waals surface area contributed by atoms with Gasteiger partial charge in [0, 0.05) is 25.9 Å². The van der Waals surface area contributed by atoms with Crippen LogP contribution in [0.15, 0.2) is 0 Å². The van der Waals surface area contributed by atoms with E-state index in [1.165, 1.54) is 0 Å². The van der Waals surface area contributed by atoms with Gasteiger partial charge >= 0.3 is 0 Å². The van der Waals surface area contributed by atoms with Crippen molar-refractivity contribution < 1.29 is 9.53 Å². The second kappa shape index (κ2) is 7.74. The number of thiocarbonyl (C=S) groups is 1. The maximum Gasteiger partial charge on any atom is 0.223 e. The molecule has 1 amide bonds. The standard InChI is InChI=1S/C10H19NO2S/c1-4-11(5-2)9(12)7-8-10(14)13-6-3/h4-8H2,1-3H3. The third-order valence-corrected chi connectivity index (χ3v) is 2.29. The zero-order valence-electron chi connectivity index (χ0n) is 9.21. The van der Waals surface area contributed by atoms with Crippen LogP contribution in [0.5, 0.6) is 0 Å². The first-order chi connectivity index (χ1) is 6.65. The number of amides is 1. The van der Waals surface area contributed by atoms with Crippen LogP contribution in [0.2, 0.25) is 0 Å². The minimum absolute atomic E-state index is 0.150. The molecule has 0 saturated carbocycles. The Morgan fingerprint density at radius 2 is 1.79 bits per heavy atom. The van der Waals surface area contributed by atoms with Crippen LogP contribution in [-0.2, 0) is 9.53 Å². The van der Waals surface area contributed by atoms with Crippen molar-refractivity contribution >= 4 is 23.2 Å². The summed E-state index contributed by atoms with van der Waals surface area (Å²) in [4.78, 5) is 13.3. The van der Waals surface area contributed by atoms with Crippen molar-refractivity contribution in [2.24, 2.45) is 0 Å². The van der Waals surface area contributed by atoms with Crippen LogP contribution in [-0.4, -0.2) is 35.6 Å². The first kappa shape index (κ1) is 13.4. The van der Waals surface area contributed by atoms with Gasteiger partial charge in [-0.2, -0.15) is 0 Å². The molecule has 0 aliphatic heterocycles. The molecular weight excluding hydrogens is 198 g/mol. The Morgan fingerprint density at radius 3 is 2.21 bits per heavy atom. The molecule has 0 rings (SSSR count). The van der Waals surface area contributed by atoms with Crippen LogP contribution in [0.25, 0.3) is 0 Å². The first-order valence-corrected chi connectivity index (χ1v) is 5.49. The Hall–Kier alpha value is -0.640. The summed E-state index contributed by atoms with van der Waals surface area (Å²) in [6, 6.07) is 0. The lowest BCUT2D eigenvalue weighted by molar-refractivity contribution is -0.130. The van der Waals surface area contributed by atoms with Crippen molar-refractivity contribution in [3.63, 3.8) is 0 Å². The lowest BCUT2D eigenvalue weighted by Crippen LogP contribution is -2.30. The highest BCUT2D eigenvalue weighted by atomic mass is 32.1. The molecule has 0 N–H and O–H groups in total. The molecule has 0 spiro atoms. The van der Waals surface area contributed by atoms with Gasteiger partial charge in [-0.15, -0.1) is 0 Å². The number of hydrogen-bond donors (Lipinski definition) is 0. The lowest BCUT2D eigenvalue weighted by Gasteiger charge is -2.18. The molecule has 0 aromatic heterocycles. The van der Waals surface area contributed by atoms with Gasteiger partial charge < -0.3 is 9.64 Å². The van der Waals surface area contributed by atoms with Gasteiger partial charge in [-0.05, 0) is 33.0 Å². The molecule has 0 aromatic carbocycles. The predicted molar refractivity (Wildman–Crippen MR) is 61.4 cm³/mol. The summed E-state index contributed by atoms with van der Waals surface area (Å²) in [6.45, 7) is 7.94. The van der Waals surface area contributed by atoms with E-state index in [-0.39, 0.29) is 5.91 Å². The van der Waals surface area contributed by atoms with Crippen LogP contribution >= 0.6 is 12.2 Å².